The molecule has 1 aliphatic carbocycles. The molecule has 11 heteroatoms. The summed E-state index contributed by atoms with van der Waals surface area (Å²) in [7, 11) is 2.36. The van der Waals surface area contributed by atoms with Crippen LogP contribution in [-0.2, 0) is 60.5 Å². The zero-order valence-electron chi connectivity index (χ0n) is 36.0. The van der Waals surface area contributed by atoms with Gasteiger partial charge in [0.25, 0.3) is 0 Å². The predicted molar refractivity (Wildman–Crippen MR) is 222 cm³/mol. The van der Waals surface area contributed by atoms with Crippen LogP contribution in [0.4, 0.5) is 0 Å². The van der Waals surface area contributed by atoms with E-state index in [9.17, 15) is 24.0 Å². The summed E-state index contributed by atoms with van der Waals surface area (Å²) in [4.78, 5) is 60.3. The molecule has 0 N–H and O–H groups in total. The quantitative estimate of drug-likeness (QED) is 0.0389. The van der Waals surface area contributed by atoms with Gasteiger partial charge in [0.05, 0.1) is 26.2 Å². The molecule has 1 fully saturated rings. The van der Waals surface area contributed by atoms with Gasteiger partial charge in [-0.05, 0) is 103 Å². The van der Waals surface area contributed by atoms with Gasteiger partial charge in [-0.2, -0.15) is 0 Å². The molecule has 0 aromatic heterocycles. The molecule has 0 amide bonds. The van der Waals surface area contributed by atoms with Gasteiger partial charge in [-0.1, -0.05) is 90.5 Å². The maximum absolute atomic E-state index is 12.5. The maximum atomic E-state index is 12.5. The summed E-state index contributed by atoms with van der Waals surface area (Å²) >= 11 is 0. The molecule has 0 saturated heterocycles. The van der Waals surface area contributed by atoms with Gasteiger partial charge in [0.1, 0.15) is 38.4 Å². The highest BCUT2D eigenvalue weighted by atomic mass is 16.6. The molecule has 0 aliphatic heterocycles. The second-order valence-corrected chi connectivity index (χ2v) is 15.7. The van der Waals surface area contributed by atoms with Crippen molar-refractivity contribution in [1.29, 1.82) is 0 Å². The van der Waals surface area contributed by atoms with Crippen molar-refractivity contribution >= 4 is 29.8 Å². The SMILES string of the molecule is CCCCCCCC1CCC(c2ccc(-c3ccc(OCC(CC)(COC(=O)CC(=O)OC)COC(=O)CC(=O)OC)c(CCCOC(=O)CC)c3)c(CC)c2)CC1. The number of ether oxygens (including phenoxy) is 6. The Balaban J connectivity index is 1.84. The average Bonchev–Trinajstić information content (AvgIpc) is 3.24. The summed E-state index contributed by atoms with van der Waals surface area (Å²) in [6, 6.07) is 13.0. The van der Waals surface area contributed by atoms with Crippen molar-refractivity contribution in [1.82, 2.24) is 0 Å². The van der Waals surface area contributed by atoms with Gasteiger partial charge in [-0.25, -0.2) is 0 Å². The maximum Gasteiger partial charge on any atom is 0.317 e. The number of benzene rings is 2. The fourth-order valence-electron chi connectivity index (χ4n) is 7.51. The molecule has 0 atom stereocenters. The highest BCUT2D eigenvalue weighted by molar-refractivity contribution is 5.91. The standard InChI is InChI=1S/C47H68O11/c1-7-11-12-13-14-16-34-18-20-36(21-19-34)37-22-24-40(35(8-2)27-37)38-23-25-41(39(28-38)17-15-26-55-42(48)9-3)56-31-47(10-4,32-57-45(51)29-43(49)53-5)33-58-46(52)30-44(50)54-6/h22-25,27-28,34,36H,7-21,26,29-33H2,1-6H3. The monoisotopic (exact) mass is 808 g/mol. The van der Waals surface area contributed by atoms with Crippen molar-refractivity contribution in [3.63, 3.8) is 0 Å². The van der Waals surface area contributed by atoms with Gasteiger partial charge < -0.3 is 28.4 Å². The molecule has 0 heterocycles. The van der Waals surface area contributed by atoms with E-state index in [1.165, 1.54) is 89.6 Å². The number of rotatable bonds is 26. The predicted octanol–water partition coefficient (Wildman–Crippen LogP) is 9.42. The molecular formula is C47H68O11. The Hall–Kier alpha value is -4.41. The van der Waals surface area contributed by atoms with Crippen LogP contribution >= 0.6 is 0 Å². The van der Waals surface area contributed by atoms with E-state index in [0.717, 1.165) is 29.0 Å². The third-order valence-electron chi connectivity index (χ3n) is 11.5. The molecule has 2 aromatic carbocycles. The lowest BCUT2D eigenvalue weighted by Crippen LogP contribution is -2.40. The number of carbonyl (C=O) groups is 5. The molecule has 322 valence electrons. The lowest BCUT2D eigenvalue weighted by atomic mass is 9.76. The fraction of sp³-hybridized carbons (Fsp3) is 0.638. The number of carbonyl (C=O) groups excluding carboxylic acids is 5. The molecule has 58 heavy (non-hydrogen) atoms. The summed E-state index contributed by atoms with van der Waals surface area (Å²) in [5.41, 5.74) is 4.81. The Labute approximate surface area is 346 Å². The van der Waals surface area contributed by atoms with Crippen LogP contribution in [0.3, 0.4) is 0 Å². The first-order valence-corrected chi connectivity index (χ1v) is 21.5. The fourth-order valence-corrected chi connectivity index (χ4v) is 7.51. The van der Waals surface area contributed by atoms with E-state index in [4.69, 9.17) is 18.9 Å². The number of hydrogen-bond donors (Lipinski definition) is 0. The first kappa shape index (κ1) is 48.0. The smallest absolute Gasteiger partial charge is 0.317 e. The Morgan fingerprint density at radius 2 is 1.31 bits per heavy atom. The summed E-state index contributed by atoms with van der Waals surface area (Å²) < 4.78 is 32.0. The van der Waals surface area contributed by atoms with Gasteiger partial charge in [0, 0.05) is 6.42 Å². The van der Waals surface area contributed by atoms with Gasteiger partial charge in [-0.15, -0.1) is 0 Å². The second kappa shape index (κ2) is 25.8. The molecule has 0 unspecified atom stereocenters. The van der Waals surface area contributed by atoms with E-state index in [2.05, 4.69) is 47.6 Å². The normalized spacial score (nSPS) is 15.3. The molecule has 0 bridgehead atoms. The third-order valence-corrected chi connectivity index (χ3v) is 11.5. The molecule has 11 nitrogen and oxygen atoms in total. The van der Waals surface area contributed by atoms with Crippen LogP contribution in [0, 0.1) is 11.3 Å². The van der Waals surface area contributed by atoms with Gasteiger partial charge >= 0.3 is 29.8 Å². The molecule has 3 rings (SSSR count). The van der Waals surface area contributed by atoms with Crippen molar-refractivity contribution in [2.75, 3.05) is 40.6 Å². The number of methoxy groups -OCH3 is 2. The van der Waals surface area contributed by atoms with Gasteiger partial charge in [-0.3, -0.25) is 24.0 Å². The van der Waals surface area contributed by atoms with Crippen LogP contribution in [0.1, 0.15) is 147 Å². The highest BCUT2D eigenvalue weighted by Crippen LogP contribution is 2.40. The minimum Gasteiger partial charge on any atom is -0.492 e. The van der Waals surface area contributed by atoms with Crippen molar-refractivity contribution < 1.29 is 52.4 Å². The van der Waals surface area contributed by atoms with Crippen molar-refractivity contribution in [3.05, 3.63) is 53.1 Å². The Morgan fingerprint density at radius 1 is 0.655 bits per heavy atom. The van der Waals surface area contributed by atoms with Gasteiger partial charge in [0.15, 0.2) is 0 Å². The topological polar surface area (TPSA) is 141 Å². The zero-order valence-corrected chi connectivity index (χ0v) is 36.0. The second-order valence-electron chi connectivity index (χ2n) is 15.7. The first-order chi connectivity index (χ1) is 28.0. The molecule has 0 spiro atoms. The van der Waals surface area contributed by atoms with Crippen molar-refractivity contribution in [2.24, 2.45) is 11.3 Å². The van der Waals surface area contributed by atoms with E-state index in [1.807, 2.05) is 19.1 Å². The van der Waals surface area contributed by atoms with E-state index < -0.39 is 42.1 Å². The summed E-state index contributed by atoms with van der Waals surface area (Å²) in [6.07, 6.45) is 14.7. The third kappa shape index (κ3) is 16.1. The number of hydrogen-bond acceptors (Lipinski definition) is 11. The molecule has 0 radical (unpaired) electrons. The van der Waals surface area contributed by atoms with E-state index in [-0.39, 0.29) is 32.4 Å². The summed E-state index contributed by atoms with van der Waals surface area (Å²) in [6.45, 7) is 7.86. The van der Waals surface area contributed by atoms with Crippen LogP contribution in [0.5, 0.6) is 5.75 Å². The lowest BCUT2D eigenvalue weighted by Gasteiger charge is -2.32. The minimum absolute atomic E-state index is 0.0202. The number of esters is 5. The first-order valence-electron chi connectivity index (χ1n) is 21.5. The largest absolute Gasteiger partial charge is 0.492 e. The lowest BCUT2D eigenvalue weighted by molar-refractivity contribution is -0.160. The molecule has 1 saturated carbocycles. The summed E-state index contributed by atoms with van der Waals surface area (Å²) in [5, 5.41) is 0. The van der Waals surface area contributed by atoms with Crippen molar-refractivity contribution in [2.45, 2.75) is 143 Å². The average molecular weight is 809 g/mol. The van der Waals surface area contributed by atoms with E-state index in [1.54, 1.807) is 6.92 Å². The van der Waals surface area contributed by atoms with Crippen LogP contribution in [0.25, 0.3) is 11.1 Å². The van der Waals surface area contributed by atoms with Crippen LogP contribution in [-0.4, -0.2) is 70.5 Å². The molecule has 1 aliphatic rings. The van der Waals surface area contributed by atoms with Crippen molar-refractivity contribution in [3.8, 4) is 16.9 Å². The van der Waals surface area contributed by atoms with Crippen LogP contribution < -0.4 is 4.74 Å². The molecule has 2 aromatic rings. The Bertz CT molecular complexity index is 1570. The Morgan fingerprint density at radius 3 is 1.90 bits per heavy atom. The highest BCUT2D eigenvalue weighted by Gasteiger charge is 2.34. The van der Waals surface area contributed by atoms with E-state index >= 15 is 0 Å². The molecular weight excluding hydrogens is 741 g/mol. The Kier molecular flexibility index (Phi) is 21.4. The van der Waals surface area contributed by atoms with Gasteiger partial charge in [0.2, 0.25) is 0 Å². The summed E-state index contributed by atoms with van der Waals surface area (Å²) in [5.74, 6) is -1.30. The van der Waals surface area contributed by atoms with Crippen LogP contribution in [0.15, 0.2) is 36.4 Å². The van der Waals surface area contributed by atoms with E-state index in [0.29, 0.717) is 37.4 Å². The number of unbranched alkanes of at least 4 members (excludes halogenated alkanes) is 4. The minimum atomic E-state index is -1.02. The zero-order chi connectivity index (χ0) is 42.3. The van der Waals surface area contributed by atoms with Crippen LogP contribution in [0.2, 0.25) is 0 Å². The number of aryl methyl sites for hydroxylation is 2.